The summed E-state index contributed by atoms with van der Waals surface area (Å²) in [4.78, 5) is 12.2. The SMILES string of the molecule is [2H]C1([2H])C[C@@]2(C)C(C[C@H](O)[C@H]3[C@@H]4CC[C@H]([C@H](C)CCC(=O)NCCS(=O)(=O)O)[C@@]4(C)CC[C@@H]32)C([2H])([2H])[C@@H]1O. The summed E-state index contributed by atoms with van der Waals surface area (Å²) in [6.45, 7) is 6.30. The number of hydrogen-bond acceptors (Lipinski definition) is 5. The molecule has 7 nitrogen and oxygen atoms in total. The molecule has 0 aromatic carbocycles. The molecular formula is C26H45NO6S. The molecule has 1 unspecified atom stereocenters. The Labute approximate surface area is 210 Å². The summed E-state index contributed by atoms with van der Waals surface area (Å²) in [6.07, 6.45) is -1.72. The van der Waals surface area contributed by atoms with E-state index in [1.54, 1.807) is 0 Å². The Hall–Kier alpha value is -0.700. The largest absolute Gasteiger partial charge is 0.393 e. The lowest BCUT2D eigenvalue weighted by atomic mass is 9.43. The summed E-state index contributed by atoms with van der Waals surface area (Å²) >= 11 is 0. The van der Waals surface area contributed by atoms with Gasteiger partial charge in [0.25, 0.3) is 10.1 Å². The van der Waals surface area contributed by atoms with Gasteiger partial charge in [0.2, 0.25) is 5.91 Å². The highest BCUT2D eigenvalue weighted by Crippen LogP contribution is 2.68. The van der Waals surface area contributed by atoms with E-state index in [4.69, 9.17) is 10.0 Å². The standard InChI is InChI=1S/C26H45NO6S/c1-16(4-7-23(30)27-12-13-34(31,32)33)19-5-6-20-24-21(9-11-26(19,20)3)25(2)10-8-18(28)14-17(25)15-22(24)29/h16-22,24,28-29H,4-15H2,1-3H3,(H,27,30)(H,31,32,33)/t16-,17?,18-,19-,20+,21+,22+,24+,25+,26-/m1/s1/i8D2,14D2. The van der Waals surface area contributed by atoms with E-state index < -0.39 is 52.2 Å². The van der Waals surface area contributed by atoms with Crippen LogP contribution in [0.2, 0.25) is 0 Å². The molecule has 0 aromatic rings. The van der Waals surface area contributed by atoms with Gasteiger partial charge in [-0.3, -0.25) is 9.35 Å². The van der Waals surface area contributed by atoms with E-state index in [2.05, 4.69) is 19.2 Å². The summed E-state index contributed by atoms with van der Waals surface area (Å²) in [5.74, 6) is -0.600. The zero-order chi connectivity index (χ0) is 28.5. The fourth-order valence-electron chi connectivity index (χ4n) is 8.45. The molecule has 0 saturated heterocycles. The molecule has 1 amide bonds. The van der Waals surface area contributed by atoms with E-state index in [1.165, 1.54) is 0 Å². The Morgan fingerprint density at radius 1 is 1.15 bits per heavy atom. The molecule has 196 valence electrons. The van der Waals surface area contributed by atoms with Crippen LogP contribution in [-0.4, -0.2) is 53.6 Å². The molecule has 4 aliphatic rings. The molecule has 10 atom stereocenters. The number of carbonyl (C=O) groups excluding carboxylic acids is 1. The second-order valence-electron chi connectivity index (χ2n) is 12.0. The van der Waals surface area contributed by atoms with Gasteiger partial charge in [0.1, 0.15) is 0 Å². The van der Waals surface area contributed by atoms with Crippen LogP contribution in [0, 0.1) is 46.3 Å². The lowest BCUT2D eigenvalue weighted by molar-refractivity contribution is -0.174. The van der Waals surface area contributed by atoms with Crippen LogP contribution in [-0.2, 0) is 14.9 Å². The van der Waals surface area contributed by atoms with Crippen molar-refractivity contribution >= 4 is 16.0 Å². The normalized spacial score (nSPS) is 49.8. The molecule has 4 aliphatic carbocycles. The highest BCUT2D eigenvalue weighted by molar-refractivity contribution is 7.85. The smallest absolute Gasteiger partial charge is 0.266 e. The molecule has 0 spiro atoms. The summed E-state index contributed by atoms with van der Waals surface area (Å²) in [6, 6.07) is 0. The highest BCUT2D eigenvalue weighted by Gasteiger charge is 2.62. The van der Waals surface area contributed by atoms with Gasteiger partial charge in [-0.1, -0.05) is 20.8 Å². The van der Waals surface area contributed by atoms with E-state index in [1.807, 2.05) is 6.92 Å². The van der Waals surface area contributed by atoms with E-state index >= 15 is 0 Å². The lowest BCUT2D eigenvalue weighted by Gasteiger charge is -2.62. The highest BCUT2D eigenvalue weighted by atomic mass is 32.2. The summed E-state index contributed by atoms with van der Waals surface area (Å²) in [5, 5.41) is 24.6. The van der Waals surface area contributed by atoms with Crippen molar-refractivity contribution in [1.29, 1.82) is 0 Å². The van der Waals surface area contributed by atoms with E-state index in [0.29, 0.717) is 12.3 Å². The number of aliphatic hydroxyl groups is 2. The van der Waals surface area contributed by atoms with Crippen molar-refractivity contribution in [2.45, 2.75) is 97.1 Å². The Morgan fingerprint density at radius 2 is 1.85 bits per heavy atom. The van der Waals surface area contributed by atoms with E-state index in [0.717, 1.165) is 25.7 Å². The molecule has 0 heterocycles. The first-order chi connectivity index (χ1) is 17.3. The van der Waals surface area contributed by atoms with Gasteiger partial charge >= 0.3 is 0 Å². The Morgan fingerprint density at radius 3 is 2.56 bits per heavy atom. The first-order valence-corrected chi connectivity index (χ1v) is 14.5. The van der Waals surface area contributed by atoms with Crippen LogP contribution < -0.4 is 5.32 Å². The van der Waals surface area contributed by atoms with Gasteiger partial charge in [0.15, 0.2) is 0 Å². The number of amides is 1. The Kier molecular flexibility index (Phi) is 6.06. The van der Waals surface area contributed by atoms with Crippen molar-refractivity contribution < 1.29 is 33.5 Å². The van der Waals surface area contributed by atoms with Crippen molar-refractivity contribution in [3.63, 3.8) is 0 Å². The molecule has 4 fully saturated rings. The number of fused-ring (bicyclic) bond motifs is 5. The van der Waals surface area contributed by atoms with Crippen LogP contribution in [0.25, 0.3) is 0 Å². The van der Waals surface area contributed by atoms with Crippen LogP contribution in [0.5, 0.6) is 0 Å². The van der Waals surface area contributed by atoms with Gasteiger partial charge in [-0.25, -0.2) is 0 Å². The molecule has 4 rings (SSSR count). The number of hydrogen-bond donors (Lipinski definition) is 4. The molecule has 4 N–H and O–H groups in total. The molecule has 4 saturated carbocycles. The maximum Gasteiger partial charge on any atom is 0.266 e. The third-order valence-corrected chi connectivity index (χ3v) is 10.9. The predicted molar refractivity (Wildman–Crippen MR) is 130 cm³/mol. The third-order valence-electron chi connectivity index (χ3n) is 10.2. The van der Waals surface area contributed by atoms with Gasteiger partial charge in [0, 0.05) is 18.4 Å². The summed E-state index contributed by atoms with van der Waals surface area (Å²) in [5.41, 5.74) is -0.695. The fourth-order valence-corrected chi connectivity index (χ4v) is 8.81. The van der Waals surface area contributed by atoms with Gasteiger partial charge in [-0.15, -0.1) is 0 Å². The van der Waals surface area contributed by atoms with Crippen LogP contribution in [0.15, 0.2) is 0 Å². The topological polar surface area (TPSA) is 124 Å². The molecule has 0 radical (unpaired) electrons. The van der Waals surface area contributed by atoms with Crippen LogP contribution >= 0.6 is 0 Å². The minimum absolute atomic E-state index is 0.0189. The van der Waals surface area contributed by atoms with Gasteiger partial charge in [-0.05, 0) is 104 Å². The minimum Gasteiger partial charge on any atom is -0.393 e. The van der Waals surface area contributed by atoms with E-state index in [-0.39, 0.29) is 60.8 Å². The van der Waals surface area contributed by atoms with Gasteiger partial charge in [-0.2, -0.15) is 8.42 Å². The quantitative estimate of drug-likeness (QED) is 0.395. The third kappa shape index (κ3) is 4.94. The maximum atomic E-state index is 12.2. The number of nitrogens with one attached hydrogen (secondary N) is 1. The average molecular weight is 504 g/mol. The number of carbonyl (C=O) groups is 1. The van der Waals surface area contributed by atoms with E-state index in [9.17, 15) is 23.4 Å². The predicted octanol–water partition coefficient (Wildman–Crippen LogP) is 3.40. The molecule has 8 heteroatoms. The van der Waals surface area contributed by atoms with Crippen molar-refractivity contribution in [1.82, 2.24) is 5.32 Å². The summed E-state index contributed by atoms with van der Waals surface area (Å²) < 4.78 is 64.8. The number of rotatable bonds is 7. The molecular weight excluding hydrogens is 454 g/mol. The van der Waals surface area contributed by atoms with Crippen molar-refractivity contribution in [3.8, 4) is 0 Å². The van der Waals surface area contributed by atoms with Crippen LogP contribution in [0.3, 0.4) is 0 Å². The first-order valence-electron chi connectivity index (χ1n) is 14.9. The molecule has 0 bridgehead atoms. The van der Waals surface area contributed by atoms with Crippen LogP contribution in [0.1, 0.15) is 90.4 Å². The van der Waals surface area contributed by atoms with Crippen molar-refractivity contribution in [3.05, 3.63) is 0 Å². The van der Waals surface area contributed by atoms with Crippen molar-refractivity contribution in [2.24, 2.45) is 46.3 Å². The monoisotopic (exact) mass is 503 g/mol. The minimum atomic E-state index is -4.12. The molecule has 0 aliphatic heterocycles. The average Bonchev–Trinajstić information content (AvgIpc) is 3.14. The van der Waals surface area contributed by atoms with Crippen molar-refractivity contribution in [2.75, 3.05) is 12.3 Å². The second kappa shape index (κ2) is 9.64. The first kappa shape index (κ1) is 21.4. The Balaban J connectivity index is 1.47. The Bertz CT molecular complexity index is 1030. The second-order valence-corrected chi connectivity index (χ2v) is 13.6. The number of aliphatic hydroxyl groups excluding tert-OH is 2. The zero-order valence-corrected chi connectivity index (χ0v) is 21.5. The fraction of sp³-hybridized carbons (Fsp3) is 0.962. The van der Waals surface area contributed by atoms with Gasteiger partial charge < -0.3 is 15.5 Å². The maximum absolute atomic E-state index is 12.2. The zero-order valence-electron chi connectivity index (χ0n) is 24.7. The van der Waals surface area contributed by atoms with Crippen LogP contribution in [0.4, 0.5) is 0 Å². The van der Waals surface area contributed by atoms with Gasteiger partial charge in [0.05, 0.1) is 18.0 Å². The lowest BCUT2D eigenvalue weighted by Crippen LogP contribution is -2.58. The summed E-state index contributed by atoms with van der Waals surface area (Å²) in [7, 11) is -4.12. The molecule has 0 aromatic heterocycles. The molecule has 34 heavy (non-hydrogen) atoms.